The molecule has 0 aromatic carbocycles. The molecule has 13 heavy (non-hydrogen) atoms. The second kappa shape index (κ2) is 3.81. The van der Waals surface area contributed by atoms with Gasteiger partial charge in [-0.1, -0.05) is 51.6 Å². The minimum absolute atomic E-state index is 0.0844. The first-order chi connectivity index (χ1) is 5.84. The van der Waals surface area contributed by atoms with Crippen LogP contribution in [0.4, 0.5) is 0 Å². The van der Waals surface area contributed by atoms with Crippen LogP contribution >= 0.6 is 46.4 Å². The third-order valence-electron chi connectivity index (χ3n) is 1.40. The predicted molar refractivity (Wildman–Crippen MR) is 54.7 cm³/mol. The molecule has 0 N–H and O–H groups in total. The molecular weight excluding hydrogens is 256 g/mol. The molecule has 0 aliphatic rings. The summed E-state index contributed by atoms with van der Waals surface area (Å²) in [6.07, 6.45) is 0. The lowest BCUT2D eigenvalue weighted by Crippen LogP contribution is -2.04. The number of hydrogen-bond acceptors (Lipinski definition) is 2. The maximum Gasteiger partial charge on any atom is 0.237 e. The summed E-state index contributed by atoms with van der Waals surface area (Å²) < 4.78 is -0.136. The van der Waals surface area contributed by atoms with Crippen molar-refractivity contribution < 1.29 is 0 Å². The van der Waals surface area contributed by atoms with Gasteiger partial charge < -0.3 is 0 Å². The highest BCUT2D eigenvalue weighted by Crippen LogP contribution is 2.40. The molecule has 0 radical (unpaired) electrons. The zero-order valence-electron chi connectivity index (χ0n) is 6.93. The molecule has 3 nitrogen and oxygen atoms in total. The number of halogens is 4. The number of alkyl halides is 3. The van der Waals surface area contributed by atoms with Crippen LogP contribution < -0.4 is 0 Å². The summed E-state index contributed by atoms with van der Waals surface area (Å²) in [7, 11) is 0. The topological polar surface area (TPSA) is 30.7 Å². The Morgan fingerprint density at radius 3 is 2.08 bits per heavy atom. The van der Waals surface area contributed by atoms with Gasteiger partial charge in [0.15, 0.2) is 10.8 Å². The third-order valence-corrected chi connectivity index (χ3v) is 2.28. The number of rotatable bonds is 1. The monoisotopic (exact) mass is 261 g/mol. The van der Waals surface area contributed by atoms with E-state index < -0.39 is 3.79 Å². The molecule has 0 fully saturated rings. The van der Waals surface area contributed by atoms with Gasteiger partial charge in [-0.3, -0.25) is 0 Å². The largest absolute Gasteiger partial charge is 0.237 e. The zero-order valence-corrected chi connectivity index (χ0v) is 9.95. The first-order valence-corrected chi connectivity index (χ1v) is 5.03. The van der Waals surface area contributed by atoms with E-state index in [0.717, 1.165) is 0 Å². The van der Waals surface area contributed by atoms with Crippen molar-refractivity contribution in [1.82, 2.24) is 15.0 Å². The summed E-state index contributed by atoms with van der Waals surface area (Å²) >= 11 is 22.7. The average Bonchev–Trinajstić information content (AvgIpc) is 2.28. The van der Waals surface area contributed by atoms with Crippen molar-refractivity contribution in [2.24, 2.45) is 0 Å². The normalized spacial score (nSPS) is 12.5. The van der Waals surface area contributed by atoms with Crippen molar-refractivity contribution in [3.63, 3.8) is 0 Å². The predicted octanol–water partition coefficient (Wildman–Crippen LogP) is 3.34. The molecule has 1 rings (SSSR count). The van der Waals surface area contributed by atoms with E-state index in [0.29, 0.717) is 0 Å². The molecule has 1 aromatic rings. The quantitative estimate of drug-likeness (QED) is 0.727. The fourth-order valence-corrected chi connectivity index (χ4v) is 1.72. The lowest BCUT2D eigenvalue weighted by Gasteiger charge is -2.08. The van der Waals surface area contributed by atoms with Gasteiger partial charge in [-0.05, 0) is 13.8 Å². The number of nitrogens with zero attached hydrogens (tertiary/aromatic N) is 3. The Morgan fingerprint density at radius 1 is 1.31 bits per heavy atom. The molecule has 0 aliphatic heterocycles. The van der Waals surface area contributed by atoms with E-state index in [1.807, 2.05) is 13.8 Å². The summed E-state index contributed by atoms with van der Waals surface area (Å²) in [5.74, 6) is 0. The highest BCUT2D eigenvalue weighted by Gasteiger charge is 2.31. The lowest BCUT2D eigenvalue weighted by atomic mass is 10.4. The molecule has 7 heteroatoms. The van der Waals surface area contributed by atoms with E-state index in [-0.39, 0.29) is 16.9 Å². The molecule has 0 amide bonds. The Hall–Kier alpha value is 0.300. The van der Waals surface area contributed by atoms with E-state index in [4.69, 9.17) is 46.4 Å². The van der Waals surface area contributed by atoms with Gasteiger partial charge in [0.25, 0.3) is 0 Å². The van der Waals surface area contributed by atoms with Gasteiger partial charge in [0.1, 0.15) is 0 Å². The van der Waals surface area contributed by atoms with Gasteiger partial charge >= 0.3 is 0 Å². The first kappa shape index (κ1) is 11.4. The molecule has 0 bridgehead atoms. The Morgan fingerprint density at radius 2 is 1.85 bits per heavy atom. The van der Waals surface area contributed by atoms with E-state index in [1.54, 1.807) is 0 Å². The highest BCUT2D eigenvalue weighted by atomic mass is 35.6. The number of hydrogen-bond donors (Lipinski definition) is 0. The molecule has 0 saturated heterocycles. The fourth-order valence-electron chi connectivity index (χ4n) is 0.786. The molecule has 1 heterocycles. The smallest absolute Gasteiger partial charge is 0.231 e. The van der Waals surface area contributed by atoms with Crippen molar-refractivity contribution in [1.29, 1.82) is 0 Å². The van der Waals surface area contributed by atoms with Gasteiger partial charge in [0.05, 0.1) is 0 Å². The van der Waals surface area contributed by atoms with Crippen molar-refractivity contribution in [3.8, 4) is 0 Å². The Labute approximate surface area is 95.9 Å². The Bertz CT molecular complexity index is 301. The summed E-state index contributed by atoms with van der Waals surface area (Å²) in [4.78, 5) is 0. The molecule has 0 spiro atoms. The van der Waals surface area contributed by atoms with Crippen LogP contribution in [-0.4, -0.2) is 15.0 Å². The van der Waals surface area contributed by atoms with Crippen LogP contribution in [0.1, 0.15) is 25.6 Å². The summed E-state index contributed by atoms with van der Waals surface area (Å²) in [5, 5.41) is 7.72. The lowest BCUT2D eigenvalue weighted by molar-refractivity contribution is 0.514. The summed E-state index contributed by atoms with van der Waals surface area (Å²) in [6.45, 7) is 3.81. The molecule has 0 saturated carbocycles. The van der Waals surface area contributed by atoms with Gasteiger partial charge in [0.2, 0.25) is 3.79 Å². The highest BCUT2D eigenvalue weighted by molar-refractivity contribution is 6.67. The van der Waals surface area contributed by atoms with Crippen LogP contribution in [-0.2, 0) is 3.79 Å². The maximum absolute atomic E-state index is 5.89. The van der Waals surface area contributed by atoms with Crippen LogP contribution in [0.2, 0.25) is 5.15 Å². The van der Waals surface area contributed by atoms with Crippen LogP contribution in [0.25, 0.3) is 0 Å². The minimum Gasteiger partial charge on any atom is -0.231 e. The summed E-state index contributed by atoms with van der Waals surface area (Å²) in [6, 6.07) is 0.0844. The minimum atomic E-state index is -1.62. The fraction of sp³-hybridized carbons (Fsp3) is 0.667. The number of aromatic nitrogens is 3. The van der Waals surface area contributed by atoms with Crippen LogP contribution in [0.5, 0.6) is 0 Å². The molecular formula is C6H7Cl4N3. The van der Waals surface area contributed by atoms with Crippen molar-refractivity contribution in [3.05, 3.63) is 10.8 Å². The van der Waals surface area contributed by atoms with Crippen LogP contribution in [0.15, 0.2) is 0 Å². The molecule has 1 aromatic heterocycles. The van der Waals surface area contributed by atoms with Gasteiger partial charge in [-0.15, -0.1) is 5.10 Å². The van der Waals surface area contributed by atoms with Crippen molar-refractivity contribution >= 4 is 46.4 Å². The standard InChI is InChI=1S/C6H7Cl4N3/c1-3(2)13-5(7)4(11-12-13)6(8,9)10/h3H,1-2H3. The van der Waals surface area contributed by atoms with E-state index in [9.17, 15) is 0 Å². The SMILES string of the molecule is CC(C)n1nnc(C(Cl)(Cl)Cl)c1Cl. The second-order valence-electron chi connectivity index (χ2n) is 2.76. The Kier molecular flexibility index (Phi) is 3.33. The van der Waals surface area contributed by atoms with Crippen LogP contribution in [0.3, 0.4) is 0 Å². The average molecular weight is 263 g/mol. The Balaban J connectivity index is 3.14. The van der Waals surface area contributed by atoms with E-state index in [1.165, 1.54) is 4.68 Å². The van der Waals surface area contributed by atoms with Gasteiger partial charge in [0, 0.05) is 6.04 Å². The first-order valence-electron chi connectivity index (χ1n) is 3.52. The van der Waals surface area contributed by atoms with E-state index in [2.05, 4.69) is 10.3 Å². The molecule has 0 unspecified atom stereocenters. The van der Waals surface area contributed by atoms with Crippen molar-refractivity contribution in [2.45, 2.75) is 23.7 Å². The zero-order chi connectivity index (χ0) is 10.2. The third kappa shape index (κ3) is 2.40. The van der Waals surface area contributed by atoms with Gasteiger partial charge in [-0.2, -0.15) is 0 Å². The molecule has 0 atom stereocenters. The summed E-state index contributed by atoms with van der Waals surface area (Å²) in [5.41, 5.74) is 0.160. The van der Waals surface area contributed by atoms with Crippen molar-refractivity contribution in [2.75, 3.05) is 0 Å². The maximum atomic E-state index is 5.89. The van der Waals surface area contributed by atoms with Gasteiger partial charge in [-0.25, -0.2) is 4.68 Å². The molecule has 0 aliphatic carbocycles. The van der Waals surface area contributed by atoms with E-state index >= 15 is 0 Å². The second-order valence-corrected chi connectivity index (χ2v) is 5.40. The molecule has 74 valence electrons. The van der Waals surface area contributed by atoms with Crippen LogP contribution in [0, 0.1) is 0 Å².